The fraction of sp³-hybridized carbons (Fsp3) is 0.900. The summed E-state index contributed by atoms with van der Waals surface area (Å²) in [5, 5.41) is 0. The summed E-state index contributed by atoms with van der Waals surface area (Å²) in [5.41, 5.74) is 0. The van der Waals surface area contributed by atoms with E-state index in [1.54, 1.807) is 0 Å². The van der Waals surface area contributed by atoms with Gasteiger partial charge in [0.05, 0.1) is 13.0 Å². The molecule has 1 fully saturated rings. The second-order valence-electron chi connectivity index (χ2n) is 4.00. The zero-order chi connectivity index (χ0) is 9.84. The third-order valence-corrected chi connectivity index (χ3v) is 2.91. The Balaban J connectivity index is 2.46. The van der Waals surface area contributed by atoms with Gasteiger partial charge >= 0.3 is 5.97 Å². The highest BCUT2D eigenvalue weighted by Crippen LogP contribution is 2.27. The second kappa shape index (κ2) is 4.61. The Hall–Kier alpha value is -0.570. The molecule has 3 heteroatoms. The first-order chi connectivity index (χ1) is 6.15. The summed E-state index contributed by atoms with van der Waals surface area (Å²) in [6, 6.07) is 0.554. The molecule has 1 aliphatic carbocycles. The molecule has 0 saturated heterocycles. The maximum Gasteiger partial charge on any atom is 0.308 e. The molecular weight excluding hydrogens is 166 g/mol. The van der Waals surface area contributed by atoms with Gasteiger partial charge in [-0.1, -0.05) is 6.42 Å². The molecule has 3 nitrogen and oxygen atoms in total. The molecule has 0 aliphatic heterocycles. The Morgan fingerprint density at radius 1 is 1.38 bits per heavy atom. The van der Waals surface area contributed by atoms with Crippen LogP contribution >= 0.6 is 0 Å². The minimum atomic E-state index is -0.0356. The molecule has 13 heavy (non-hydrogen) atoms. The smallest absolute Gasteiger partial charge is 0.308 e. The average Bonchev–Trinajstić information content (AvgIpc) is 2.17. The van der Waals surface area contributed by atoms with Crippen LogP contribution in [0, 0.1) is 5.92 Å². The molecule has 0 bridgehead atoms. The lowest BCUT2D eigenvalue weighted by Crippen LogP contribution is -2.35. The van der Waals surface area contributed by atoms with Crippen molar-refractivity contribution in [2.75, 3.05) is 21.2 Å². The van der Waals surface area contributed by atoms with Gasteiger partial charge in [-0.2, -0.15) is 0 Å². The first-order valence-corrected chi connectivity index (χ1v) is 4.89. The van der Waals surface area contributed by atoms with Gasteiger partial charge in [0.1, 0.15) is 0 Å². The van der Waals surface area contributed by atoms with E-state index in [0.29, 0.717) is 6.04 Å². The average molecular weight is 185 g/mol. The summed E-state index contributed by atoms with van der Waals surface area (Å²) in [5.74, 6) is 0.0951. The molecule has 0 amide bonds. The predicted octanol–water partition coefficient (Wildman–Crippen LogP) is 1.28. The summed E-state index contributed by atoms with van der Waals surface area (Å²) < 4.78 is 4.76. The fourth-order valence-corrected chi connectivity index (χ4v) is 2.01. The molecule has 0 N–H and O–H groups in total. The first kappa shape index (κ1) is 10.5. The number of methoxy groups -OCH3 is 1. The number of ether oxygens (including phenoxy) is 1. The van der Waals surface area contributed by atoms with Crippen LogP contribution in [0.15, 0.2) is 0 Å². The molecule has 0 aromatic carbocycles. The van der Waals surface area contributed by atoms with Crippen LogP contribution < -0.4 is 0 Å². The first-order valence-electron chi connectivity index (χ1n) is 4.89. The highest BCUT2D eigenvalue weighted by molar-refractivity contribution is 5.72. The molecule has 0 radical (unpaired) electrons. The molecular formula is C10H19NO2. The molecule has 0 spiro atoms. The van der Waals surface area contributed by atoms with Crippen molar-refractivity contribution in [1.82, 2.24) is 4.90 Å². The van der Waals surface area contributed by atoms with E-state index in [9.17, 15) is 4.79 Å². The van der Waals surface area contributed by atoms with Crippen LogP contribution in [0.3, 0.4) is 0 Å². The molecule has 0 unspecified atom stereocenters. The molecule has 1 saturated carbocycles. The van der Waals surface area contributed by atoms with Gasteiger partial charge in [-0.25, -0.2) is 0 Å². The number of carbonyl (C=O) groups excluding carboxylic acids is 1. The highest BCUT2D eigenvalue weighted by atomic mass is 16.5. The minimum absolute atomic E-state index is 0.0356. The van der Waals surface area contributed by atoms with E-state index in [0.717, 1.165) is 19.3 Å². The number of hydrogen-bond acceptors (Lipinski definition) is 3. The third kappa shape index (κ3) is 2.69. The fourth-order valence-electron chi connectivity index (χ4n) is 2.01. The van der Waals surface area contributed by atoms with Crippen molar-refractivity contribution < 1.29 is 9.53 Å². The summed E-state index contributed by atoms with van der Waals surface area (Å²) in [6.07, 6.45) is 4.31. The number of esters is 1. The van der Waals surface area contributed by atoms with Crippen LogP contribution in [0.25, 0.3) is 0 Å². The van der Waals surface area contributed by atoms with Crippen molar-refractivity contribution in [3.63, 3.8) is 0 Å². The van der Waals surface area contributed by atoms with Gasteiger partial charge < -0.3 is 9.64 Å². The van der Waals surface area contributed by atoms with E-state index in [1.807, 2.05) is 0 Å². The lowest BCUT2D eigenvalue weighted by atomic mass is 9.85. The Bertz CT molecular complexity index is 180. The summed E-state index contributed by atoms with van der Waals surface area (Å²) in [7, 11) is 5.62. The quantitative estimate of drug-likeness (QED) is 0.607. The monoisotopic (exact) mass is 185 g/mol. The zero-order valence-corrected chi connectivity index (χ0v) is 8.75. The van der Waals surface area contributed by atoms with Gasteiger partial charge in [-0.05, 0) is 33.4 Å². The van der Waals surface area contributed by atoms with Gasteiger partial charge in [0.25, 0.3) is 0 Å². The maximum absolute atomic E-state index is 11.3. The summed E-state index contributed by atoms with van der Waals surface area (Å²) in [4.78, 5) is 13.5. The van der Waals surface area contributed by atoms with Crippen LogP contribution in [0.2, 0.25) is 0 Å². The number of nitrogens with zero attached hydrogens (tertiary/aromatic N) is 1. The molecule has 1 aliphatic rings. The number of rotatable bonds is 2. The van der Waals surface area contributed by atoms with E-state index < -0.39 is 0 Å². The Labute approximate surface area is 80.1 Å². The standard InChI is InChI=1S/C10H19NO2/c1-11(2)9-6-4-5-8(7-9)10(12)13-3/h8-9H,4-7H2,1-3H3/t8-,9-/m1/s1. The summed E-state index contributed by atoms with van der Waals surface area (Å²) in [6.45, 7) is 0. The van der Waals surface area contributed by atoms with Crippen LogP contribution in [-0.2, 0) is 9.53 Å². The van der Waals surface area contributed by atoms with Crippen molar-refractivity contribution in [3.05, 3.63) is 0 Å². The van der Waals surface area contributed by atoms with Crippen molar-refractivity contribution in [1.29, 1.82) is 0 Å². The van der Waals surface area contributed by atoms with Crippen LogP contribution in [0.4, 0.5) is 0 Å². The van der Waals surface area contributed by atoms with Crippen molar-refractivity contribution in [3.8, 4) is 0 Å². The Morgan fingerprint density at radius 2 is 2.08 bits per heavy atom. The van der Waals surface area contributed by atoms with Gasteiger partial charge in [0.2, 0.25) is 0 Å². The minimum Gasteiger partial charge on any atom is -0.469 e. The molecule has 0 aromatic heterocycles. The lowest BCUT2D eigenvalue weighted by molar-refractivity contribution is -0.147. The Kier molecular flexibility index (Phi) is 3.72. The lowest BCUT2D eigenvalue weighted by Gasteiger charge is -2.31. The zero-order valence-electron chi connectivity index (χ0n) is 8.75. The Morgan fingerprint density at radius 3 is 2.62 bits per heavy atom. The number of carbonyl (C=O) groups is 1. The van der Waals surface area contributed by atoms with E-state index >= 15 is 0 Å². The van der Waals surface area contributed by atoms with Crippen LogP contribution in [-0.4, -0.2) is 38.1 Å². The van der Waals surface area contributed by atoms with Gasteiger partial charge in [-0.15, -0.1) is 0 Å². The van der Waals surface area contributed by atoms with E-state index in [2.05, 4.69) is 19.0 Å². The van der Waals surface area contributed by atoms with Crippen molar-refractivity contribution in [2.45, 2.75) is 31.7 Å². The van der Waals surface area contributed by atoms with Crippen molar-refractivity contribution >= 4 is 5.97 Å². The molecule has 1 rings (SSSR count). The van der Waals surface area contributed by atoms with E-state index in [1.165, 1.54) is 13.5 Å². The summed E-state index contributed by atoms with van der Waals surface area (Å²) >= 11 is 0. The SMILES string of the molecule is COC(=O)[C@@H]1CCC[C@@H](N(C)C)C1. The van der Waals surface area contributed by atoms with Gasteiger partial charge in [0.15, 0.2) is 0 Å². The van der Waals surface area contributed by atoms with Gasteiger partial charge in [0, 0.05) is 6.04 Å². The van der Waals surface area contributed by atoms with E-state index in [4.69, 9.17) is 4.74 Å². The van der Waals surface area contributed by atoms with Crippen molar-refractivity contribution in [2.24, 2.45) is 5.92 Å². The molecule has 2 atom stereocenters. The molecule has 76 valence electrons. The van der Waals surface area contributed by atoms with Crippen LogP contribution in [0.1, 0.15) is 25.7 Å². The predicted molar refractivity (Wildman–Crippen MR) is 51.4 cm³/mol. The van der Waals surface area contributed by atoms with Gasteiger partial charge in [-0.3, -0.25) is 4.79 Å². The van der Waals surface area contributed by atoms with Crippen LogP contribution in [0.5, 0.6) is 0 Å². The third-order valence-electron chi connectivity index (χ3n) is 2.91. The molecule has 0 heterocycles. The topological polar surface area (TPSA) is 29.5 Å². The second-order valence-corrected chi connectivity index (χ2v) is 4.00. The molecule has 0 aromatic rings. The highest BCUT2D eigenvalue weighted by Gasteiger charge is 2.28. The normalized spacial score (nSPS) is 28.9. The maximum atomic E-state index is 11.3. The number of hydrogen-bond donors (Lipinski definition) is 0. The largest absolute Gasteiger partial charge is 0.469 e. The van der Waals surface area contributed by atoms with E-state index in [-0.39, 0.29) is 11.9 Å².